The maximum Gasteiger partial charge on any atom is 0.302 e. The molecule has 0 aromatic heterocycles. The van der Waals surface area contributed by atoms with E-state index in [1.165, 1.54) is 6.92 Å². The van der Waals surface area contributed by atoms with Crippen LogP contribution in [0, 0.1) is 5.92 Å². The van der Waals surface area contributed by atoms with Crippen molar-refractivity contribution in [3.63, 3.8) is 0 Å². The third-order valence-electron chi connectivity index (χ3n) is 5.92. The minimum absolute atomic E-state index is 0.195. The van der Waals surface area contributed by atoms with Crippen LogP contribution >= 0.6 is 0 Å². The molecule has 6 heteroatoms. The van der Waals surface area contributed by atoms with Crippen LogP contribution in [0.3, 0.4) is 0 Å². The van der Waals surface area contributed by atoms with Gasteiger partial charge in [0.05, 0.1) is 18.8 Å². The lowest BCUT2D eigenvalue weighted by molar-refractivity contribution is -0.160. The first kappa shape index (κ1) is 19.9. The summed E-state index contributed by atoms with van der Waals surface area (Å²) in [7, 11) is -1.79. The second-order valence-corrected chi connectivity index (χ2v) is 13.5. The first-order valence-corrected chi connectivity index (χ1v) is 12.2. The molecule has 2 rings (SSSR count). The van der Waals surface area contributed by atoms with E-state index in [-0.39, 0.29) is 23.2 Å². The number of ether oxygens (including phenoxy) is 1. The van der Waals surface area contributed by atoms with Crippen LogP contribution in [0.5, 0.6) is 0 Å². The number of carbonyl (C=O) groups excluding carboxylic acids is 1. The molecule has 24 heavy (non-hydrogen) atoms. The number of piperidine rings is 1. The van der Waals surface area contributed by atoms with Crippen LogP contribution in [0.2, 0.25) is 18.1 Å². The van der Waals surface area contributed by atoms with Crippen molar-refractivity contribution in [3.8, 4) is 0 Å². The zero-order chi connectivity index (χ0) is 18.1. The maximum absolute atomic E-state index is 10.9. The molecule has 1 unspecified atom stereocenters. The van der Waals surface area contributed by atoms with Crippen molar-refractivity contribution >= 4 is 14.3 Å². The van der Waals surface area contributed by atoms with Gasteiger partial charge in [-0.3, -0.25) is 9.63 Å². The SMILES string of the molecule is CC(=O)OCCC[C@H]1[C@@H]2[C@@H](O[Si](C)(C)C(C)(C)C)CCN1O[C@@H]2C. The third kappa shape index (κ3) is 4.39. The molecule has 2 heterocycles. The van der Waals surface area contributed by atoms with Crippen LogP contribution in [0.4, 0.5) is 0 Å². The van der Waals surface area contributed by atoms with Gasteiger partial charge in [0.25, 0.3) is 0 Å². The molecule has 0 saturated carbocycles. The number of nitrogens with zero attached hydrogens (tertiary/aromatic N) is 1. The fourth-order valence-corrected chi connectivity index (χ4v) is 5.01. The first-order valence-electron chi connectivity index (χ1n) is 9.27. The van der Waals surface area contributed by atoms with Gasteiger partial charge in [-0.2, -0.15) is 5.06 Å². The Balaban J connectivity index is 2.00. The van der Waals surface area contributed by atoms with E-state index in [4.69, 9.17) is 14.0 Å². The molecule has 2 aliphatic rings. The van der Waals surface area contributed by atoms with Crippen molar-refractivity contribution in [2.45, 2.75) is 90.3 Å². The molecule has 0 radical (unpaired) electrons. The summed E-state index contributed by atoms with van der Waals surface area (Å²) in [6, 6.07) is 0.374. The minimum atomic E-state index is -1.79. The van der Waals surface area contributed by atoms with E-state index in [1.54, 1.807) is 0 Å². The molecule has 0 aliphatic carbocycles. The molecule has 2 bridgehead atoms. The number of fused-ring (bicyclic) bond motifs is 2. The van der Waals surface area contributed by atoms with Crippen molar-refractivity contribution in [1.82, 2.24) is 5.06 Å². The molecule has 0 aromatic carbocycles. The summed E-state index contributed by atoms with van der Waals surface area (Å²) in [5.41, 5.74) is 0. The summed E-state index contributed by atoms with van der Waals surface area (Å²) in [5, 5.41) is 2.37. The van der Waals surface area contributed by atoms with Crippen molar-refractivity contribution in [2.75, 3.05) is 13.2 Å². The predicted molar refractivity (Wildman–Crippen MR) is 97.1 cm³/mol. The zero-order valence-electron chi connectivity index (χ0n) is 16.4. The van der Waals surface area contributed by atoms with Gasteiger partial charge in [0.15, 0.2) is 8.32 Å². The normalized spacial score (nSPS) is 33.5. The molecule has 0 aromatic rings. The topological polar surface area (TPSA) is 48.0 Å². The highest BCUT2D eigenvalue weighted by Crippen LogP contribution is 2.44. The summed E-state index contributed by atoms with van der Waals surface area (Å²) in [5.74, 6) is 0.205. The molecule has 2 fully saturated rings. The molecule has 0 N–H and O–H groups in total. The van der Waals surface area contributed by atoms with E-state index in [0.29, 0.717) is 18.6 Å². The van der Waals surface area contributed by atoms with Crippen LogP contribution in [0.15, 0.2) is 0 Å². The first-order chi connectivity index (χ1) is 11.0. The Morgan fingerprint density at radius 3 is 2.58 bits per heavy atom. The molecular weight excluding hydrogens is 322 g/mol. The predicted octanol–water partition coefficient (Wildman–Crippen LogP) is 3.74. The Labute approximate surface area is 148 Å². The minimum Gasteiger partial charge on any atom is -0.466 e. The summed E-state index contributed by atoms with van der Waals surface area (Å²) in [4.78, 5) is 17.0. The maximum atomic E-state index is 10.9. The molecule has 2 saturated heterocycles. The van der Waals surface area contributed by atoms with Crippen molar-refractivity contribution in [3.05, 3.63) is 0 Å². The average Bonchev–Trinajstić information content (AvgIpc) is 2.65. The van der Waals surface area contributed by atoms with Crippen molar-refractivity contribution in [1.29, 1.82) is 0 Å². The largest absolute Gasteiger partial charge is 0.466 e. The number of hydrogen-bond acceptors (Lipinski definition) is 5. The number of carbonyl (C=O) groups is 1. The quantitative estimate of drug-likeness (QED) is 0.412. The zero-order valence-corrected chi connectivity index (χ0v) is 17.4. The van der Waals surface area contributed by atoms with Gasteiger partial charge < -0.3 is 9.16 Å². The third-order valence-corrected chi connectivity index (χ3v) is 10.4. The van der Waals surface area contributed by atoms with Gasteiger partial charge in [-0.05, 0) is 44.3 Å². The summed E-state index contributed by atoms with van der Waals surface area (Å²) >= 11 is 0. The van der Waals surface area contributed by atoms with Crippen molar-refractivity contribution < 1.29 is 18.8 Å². The van der Waals surface area contributed by atoms with Crippen LogP contribution < -0.4 is 0 Å². The van der Waals surface area contributed by atoms with Crippen LogP contribution in [0.25, 0.3) is 0 Å². The number of rotatable bonds is 6. The van der Waals surface area contributed by atoms with Gasteiger partial charge in [-0.15, -0.1) is 0 Å². The lowest BCUT2D eigenvalue weighted by Crippen LogP contribution is -2.52. The van der Waals surface area contributed by atoms with Gasteiger partial charge in [0.1, 0.15) is 0 Å². The van der Waals surface area contributed by atoms with Gasteiger partial charge in [0.2, 0.25) is 0 Å². The average molecular weight is 358 g/mol. The highest BCUT2D eigenvalue weighted by Gasteiger charge is 2.51. The van der Waals surface area contributed by atoms with Crippen LogP contribution in [0.1, 0.15) is 53.9 Å². The van der Waals surface area contributed by atoms with Gasteiger partial charge in [-0.1, -0.05) is 20.8 Å². The summed E-state index contributed by atoms with van der Waals surface area (Å²) in [6.45, 7) is 16.6. The number of hydrogen-bond donors (Lipinski definition) is 0. The lowest BCUT2D eigenvalue weighted by Gasteiger charge is -2.44. The molecule has 5 atom stereocenters. The summed E-state index contributed by atoms with van der Waals surface area (Å²) in [6.07, 6.45) is 3.38. The van der Waals surface area contributed by atoms with Crippen LogP contribution in [-0.2, 0) is 18.8 Å². The van der Waals surface area contributed by atoms with E-state index in [0.717, 1.165) is 25.8 Å². The van der Waals surface area contributed by atoms with Crippen molar-refractivity contribution in [2.24, 2.45) is 5.92 Å². The molecule has 140 valence electrons. The molecular formula is C18H35NO4Si. The fraction of sp³-hybridized carbons (Fsp3) is 0.944. The second kappa shape index (κ2) is 7.44. The van der Waals surface area contributed by atoms with Gasteiger partial charge in [0, 0.05) is 25.4 Å². The standard InChI is InChI=1S/C18H35NO4Si/c1-13-17-15(9-8-12-21-14(2)20)19(22-13)11-10-16(17)23-24(6,7)18(3,4)5/h13,15-17H,8-12H2,1-7H3/t13-,15+,16+,17-/m1/s1. The fourth-order valence-electron chi connectivity index (χ4n) is 3.62. The number of esters is 1. The highest BCUT2D eigenvalue weighted by atomic mass is 28.4. The molecule has 0 amide bonds. The monoisotopic (exact) mass is 357 g/mol. The van der Waals surface area contributed by atoms with E-state index in [9.17, 15) is 4.79 Å². The Hall–Kier alpha value is -0.433. The molecule has 2 aliphatic heterocycles. The van der Waals surface area contributed by atoms with E-state index >= 15 is 0 Å². The summed E-state index contributed by atoms with van der Waals surface area (Å²) < 4.78 is 11.8. The van der Waals surface area contributed by atoms with Gasteiger partial charge in [-0.25, -0.2) is 0 Å². The van der Waals surface area contributed by atoms with Gasteiger partial charge >= 0.3 is 5.97 Å². The Morgan fingerprint density at radius 1 is 1.33 bits per heavy atom. The lowest BCUT2D eigenvalue weighted by atomic mass is 9.83. The Morgan fingerprint density at radius 2 is 2.00 bits per heavy atom. The van der Waals surface area contributed by atoms with E-state index in [2.05, 4.69) is 45.9 Å². The molecule has 5 nitrogen and oxygen atoms in total. The van der Waals surface area contributed by atoms with E-state index < -0.39 is 8.32 Å². The Kier molecular flexibility index (Phi) is 6.16. The molecule has 0 spiro atoms. The second-order valence-electron chi connectivity index (χ2n) is 8.78. The number of hydroxylamine groups is 2. The van der Waals surface area contributed by atoms with Crippen LogP contribution in [-0.4, -0.2) is 50.8 Å². The Bertz CT molecular complexity index is 449. The smallest absolute Gasteiger partial charge is 0.302 e. The van der Waals surface area contributed by atoms with E-state index in [1.807, 2.05) is 0 Å². The highest BCUT2D eigenvalue weighted by molar-refractivity contribution is 6.74.